The van der Waals surface area contributed by atoms with Crippen LogP contribution in [-0.4, -0.2) is 35.2 Å². The van der Waals surface area contributed by atoms with E-state index in [0.717, 1.165) is 29.8 Å². The largest absolute Gasteiger partial charge is 0.355 e. The van der Waals surface area contributed by atoms with E-state index in [1.807, 2.05) is 13.2 Å². The molecule has 1 rings (SSSR count). The summed E-state index contributed by atoms with van der Waals surface area (Å²) < 4.78 is 0. The van der Waals surface area contributed by atoms with Crippen LogP contribution in [0.5, 0.6) is 0 Å². The van der Waals surface area contributed by atoms with Crippen LogP contribution in [-0.2, 0) is 4.79 Å². The highest BCUT2D eigenvalue weighted by molar-refractivity contribution is 7.98. The molecule has 0 radical (unpaired) electrons. The molecule has 1 N–H and O–H groups in total. The normalized spacial score (nSPS) is 10.3. The summed E-state index contributed by atoms with van der Waals surface area (Å²) in [6.07, 6.45) is 1.94. The van der Waals surface area contributed by atoms with Crippen LogP contribution < -0.4 is 10.2 Å². The highest BCUT2D eigenvalue weighted by atomic mass is 32.2. The molecule has 0 saturated heterocycles. The van der Waals surface area contributed by atoms with Gasteiger partial charge in [0.2, 0.25) is 5.91 Å². The van der Waals surface area contributed by atoms with Gasteiger partial charge in [0.25, 0.3) is 0 Å². The first-order valence-electron chi connectivity index (χ1n) is 5.98. The van der Waals surface area contributed by atoms with E-state index in [0.29, 0.717) is 5.69 Å². The Morgan fingerprint density at radius 3 is 2.39 bits per heavy atom. The Hall–Kier alpha value is -1.30. The molecular weight excluding hydrogens is 248 g/mol. The minimum Gasteiger partial charge on any atom is -0.355 e. The molecule has 1 aromatic rings. The zero-order chi connectivity index (χ0) is 13.7. The number of aromatic nitrogens is 2. The standard InChI is InChI=1S/C12H20N4OS/c1-6-16(7-2)11-10(15-9(4)17)12(18-5)14-8(3)13-11/h6-7H2,1-5H3,(H,15,17). The van der Waals surface area contributed by atoms with Crippen molar-refractivity contribution in [2.75, 3.05) is 29.6 Å². The van der Waals surface area contributed by atoms with Crippen molar-refractivity contribution in [3.63, 3.8) is 0 Å². The minimum absolute atomic E-state index is 0.105. The minimum atomic E-state index is -0.105. The number of aryl methyl sites for hydroxylation is 1. The van der Waals surface area contributed by atoms with Crippen molar-refractivity contribution in [3.05, 3.63) is 5.82 Å². The van der Waals surface area contributed by atoms with Gasteiger partial charge in [0, 0.05) is 20.0 Å². The molecule has 0 aliphatic heterocycles. The van der Waals surface area contributed by atoms with Gasteiger partial charge in [-0.3, -0.25) is 4.79 Å². The lowest BCUT2D eigenvalue weighted by atomic mass is 10.3. The number of carbonyl (C=O) groups is 1. The molecule has 1 aromatic heterocycles. The average molecular weight is 268 g/mol. The molecule has 100 valence electrons. The van der Waals surface area contributed by atoms with Gasteiger partial charge in [-0.25, -0.2) is 9.97 Å². The number of thioether (sulfide) groups is 1. The Morgan fingerprint density at radius 1 is 1.33 bits per heavy atom. The zero-order valence-corrected chi connectivity index (χ0v) is 12.4. The molecule has 18 heavy (non-hydrogen) atoms. The second kappa shape index (κ2) is 6.58. The number of hydrogen-bond donors (Lipinski definition) is 1. The first-order chi connectivity index (χ1) is 8.53. The topological polar surface area (TPSA) is 58.1 Å². The first kappa shape index (κ1) is 14.8. The van der Waals surface area contributed by atoms with Crippen molar-refractivity contribution in [2.45, 2.75) is 32.7 Å². The van der Waals surface area contributed by atoms with Gasteiger partial charge in [-0.1, -0.05) is 0 Å². The van der Waals surface area contributed by atoms with Gasteiger partial charge >= 0.3 is 0 Å². The Morgan fingerprint density at radius 2 is 1.94 bits per heavy atom. The maximum atomic E-state index is 11.3. The molecule has 0 saturated carbocycles. The number of hydrogen-bond acceptors (Lipinski definition) is 5. The smallest absolute Gasteiger partial charge is 0.221 e. The fraction of sp³-hybridized carbons (Fsp3) is 0.583. The van der Waals surface area contributed by atoms with E-state index < -0.39 is 0 Å². The van der Waals surface area contributed by atoms with Crippen molar-refractivity contribution < 1.29 is 4.79 Å². The van der Waals surface area contributed by atoms with E-state index in [1.54, 1.807) is 0 Å². The fourth-order valence-corrected chi connectivity index (χ4v) is 2.29. The fourth-order valence-electron chi connectivity index (χ4n) is 1.72. The number of anilines is 2. The molecule has 0 unspecified atom stereocenters. The van der Waals surface area contributed by atoms with E-state index in [4.69, 9.17) is 0 Å². The van der Waals surface area contributed by atoms with Crippen LogP contribution in [0.15, 0.2) is 5.03 Å². The second-order valence-electron chi connectivity index (χ2n) is 3.83. The SMILES string of the molecule is CCN(CC)c1nc(C)nc(SC)c1NC(C)=O. The van der Waals surface area contributed by atoms with Gasteiger partial charge in [0.1, 0.15) is 16.5 Å². The van der Waals surface area contributed by atoms with E-state index in [9.17, 15) is 4.79 Å². The molecule has 5 nitrogen and oxygen atoms in total. The molecule has 1 heterocycles. The molecule has 1 amide bonds. The first-order valence-corrected chi connectivity index (χ1v) is 7.21. The van der Waals surface area contributed by atoms with E-state index in [-0.39, 0.29) is 5.91 Å². The Labute approximate surface area is 112 Å². The van der Waals surface area contributed by atoms with Crippen LogP contribution in [0.25, 0.3) is 0 Å². The average Bonchev–Trinajstić information content (AvgIpc) is 2.32. The van der Waals surface area contributed by atoms with Crippen molar-refractivity contribution >= 4 is 29.2 Å². The summed E-state index contributed by atoms with van der Waals surface area (Å²) >= 11 is 1.51. The van der Waals surface area contributed by atoms with Crippen molar-refractivity contribution in [1.82, 2.24) is 9.97 Å². The lowest BCUT2D eigenvalue weighted by Gasteiger charge is -2.24. The predicted molar refractivity (Wildman–Crippen MR) is 76.4 cm³/mol. The van der Waals surface area contributed by atoms with Gasteiger partial charge in [-0.15, -0.1) is 11.8 Å². The molecule has 0 spiro atoms. The molecular formula is C12H20N4OS. The summed E-state index contributed by atoms with van der Waals surface area (Å²) in [7, 11) is 0. The maximum Gasteiger partial charge on any atom is 0.221 e. The monoisotopic (exact) mass is 268 g/mol. The maximum absolute atomic E-state index is 11.3. The van der Waals surface area contributed by atoms with Crippen LogP contribution in [0.1, 0.15) is 26.6 Å². The van der Waals surface area contributed by atoms with Gasteiger partial charge in [0.05, 0.1) is 0 Å². The van der Waals surface area contributed by atoms with E-state index in [1.165, 1.54) is 18.7 Å². The molecule has 0 fully saturated rings. The van der Waals surface area contributed by atoms with Gasteiger partial charge in [-0.2, -0.15) is 0 Å². The van der Waals surface area contributed by atoms with Crippen LogP contribution >= 0.6 is 11.8 Å². The number of carbonyl (C=O) groups excluding carboxylic acids is 1. The van der Waals surface area contributed by atoms with Crippen LogP contribution in [0.3, 0.4) is 0 Å². The summed E-state index contributed by atoms with van der Waals surface area (Å²) in [4.78, 5) is 22.3. The third-order valence-corrected chi connectivity index (χ3v) is 3.21. The highest BCUT2D eigenvalue weighted by Gasteiger charge is 2.17. The lowest BCUT2D eigenvalue weighted by Crippen LogP contribution is -2.26. The highest BCUT2D eigenvalue weighted by Crippen LogP contribution is 2.32. The Bertz CT molecular complexity index is 432. The lowest BCUT2D eigenvalue weighted by molar-refractivity contribution is -0.114. The summed E-state index contributed by atoms with van der Waals surface area (Å²) in [5.41, 5.74) is 0.712. The Kier molecular flexibility index (Phi) is 5.40. The summed E-state index contributed by atoms with van der Waals surface area (Å²) in [5.74, 6) is 1.41. The van der Waals surface area contributed by atoms with Crippen LogP contribution in [0.2, 0.25) is 0 Å². The summed E-state index contributed by atoms with van der Waals surface area (Å²) in [5, 5.41) is 3.65. The van der Waals surface area contributed by atoms with Gasteiger partial charge < -0.3 is 10.2 Å². The third kappa shape index (κ3) is 3.35. The molecule has 6 heteroatoms. The van der Waals surface area contributed by atoms with Crippen LogP contribution in [0.4, 0.5) is 11.5 Å². The second-order valence-corrected chi connectivity index (χ2v) is 4.63. The number of amides is 1. The molecule has 0 bridgehead atoms. The van der Waals surface area contributed by atoms with Crippen molar-refractivity contribution in [3.8, 4) is 0 Å². The summed E-state index contributed by atoms with van der Waals surface area (Å²) in [6.45, 7) is 9.18. The third-order valence-electron chi connectivity index (χ3n) is 2.53. The molecule has 0 atom stereocenters. The molecule has 0 aliphatic rings. The predicted octanol–water partition coefficient (Wildman–Crippen LogP) is 2.31. The molecule has 0 aromatic carbocycles. The van der Waals surface area contributed by atoms with Gasteiger partial charge in [-0.05, 0) is 27.0 Å². The van der Waals surface area contributed by atoms with Crippen LogP contribution in [0, 0.1) is 6.92 Å². The number of rotatable bonds is 5. The van der Waals surface area contributed by atoms with Gasteiger partial charge in [0.15, 0.2) is 5.82 Å². The summed E-state index contributed by atoms with van der Waals surface area (Å²) in [6, 6.07) is 0. The zero-order valence-electron chi connectivity index (χ0n) is 11.6. The van der Waals surface area contributed by atoms with E-state index >= 15 is 0 Å². The van der Waals surface area contributed by atoms with Crippen molar-refractivity contribution in [1.29, 1.82) is 0 Å². The van der Waals surface area contributed by atoms with E-state index in [2.05, 4.69) is 34.0 Å². The number of nitrogens with one attached hydrogen (secondary N) is 1. The quantitative estimate of drug-likeness (QED) is 0.656. The van der Waals surface area contributed by atoms with Crippen molar-refractivity contribution in [2.24, 2.45) is 0 Å². The Balaban J connectivity index is 3.35. The number of nitrogens with zero attached hydrogens (tertiary/aromatic N) is 3. The molecule has 0 aliphatic carbocycles.